The summed E-state index contributed by atoms with van der Waals surface area (Å²) in [6.07, 6.45) is 12.9. The molecule has 1 aliphatic heterocycles. The van der Waals surface area contributed by atoms with Crippen molar-refractivity contribution in [3.8, 4) is 0 Å². The van der Waals surface area contributed by atoms with Crippen LogP contribution >= 0.6 is 0 Å². The minimum atomic E-state index is -0.139. The van der Waals surface area contributed by atoms with Crippen molar-refractivity contribution in [1.82, 2.24) is 0 Å². The molecule has 26 heavy (non-hydrogen) atoms. The quantitative estimate of drug-likeness (QED) is 0.669. The molecule has 1 heterocycles. The van der Waals surface area contributed by atoms with Crippen LogP contribution in [0.5, 0.6) is 0 Å². The Morgan fingerprint density at radius 1 is 1.42 bits per heavy atom. The van der Waals surface area contributed by atoms with Crippen molar-refractivity contribution in [1.29, 1.82) is 0 Å². The van der Waals surface area contributed by atoms with Gasteiger partial charge >= 0.3 is 5.97 Å². The molecule has 0 amide bonds. The third-order valence-electron chi connectivity index (χ3n) is 5.81. The van der Waals surface area contributed by atoms with Gasteiger partial charge in [0.2, 0.25) is 0 Å². The van der Waals surface area contributed by atoms with Gasteiger partial charge in [0.05, 0.1) is 12.7 Å². The van der Waals surface area contributed by atoms with Gasteiger partial charge in [0, 0.05) is 25.6 Å². The van der Waals surface area contributed by atoms with Gasteiger partial charge in [-0.1, -0.05) is 23.8 Å². The van der Waals surface area contributed by atoms with Gasteiger partial charge in [0.25, 0.3) is 0 Å². The normalized spacial score (nSPS) is 34.1. The van der Waals surface area contributed by atoms with Crippen molar-refractivity contribution in [3.05, 3.63) is 23.8 Å². The number of carbonyl (C=O) groups is 1. The number of ether oxygens (including phenoxy) is 3. The predicted molar refractivity (Wildman–Crippen MR) is 98.3 cm³/mol. The van der Waals surface area contributed by atoms with E-state index in [9.17, 15) is 9.90 Å². The number of rotatable bonds is 8. The summed E-state index contributed by atoms with van der Waals surface area (Å²) in [5.41, 5.74) is 1.31. The highest BCUT2D eigenvalue weighted by atomic mass is 16.7. The Hall–Kier alpha value is -1.17. The largest absolute Gasteiger partial charge is 0.466 e. The highest BCUT2D eigenvalue weighted by Gasteiger charge is 2.46. The number of aliphatic hydroxyl groups excluding tert-OH is 1. The molecule has 0 aromatic heterocycles. The molecule has 0 spiro atoms. The van der Waals surface area contributed by atoms with Crippen LogP contribution < -0.4 is 0 Å². The summed E-state index contributed by atoms with van der Waals surface area (Å²) in [7, 11) is 0. The Morgan fingerprint density at radius 2 is 2.31 bits per heavy atom. The fourth-order valence-corrected chi connectivity index (χ4v) is 4.54. The summed E-state index contributed by atoms with van der Waals surface area (Å²) in [5.74, 6) is 0.982. The topological polar surface area (TPSA) is 65.0 Å². The van der Waals surface area contributed by atoms with Crippen LogP contribution in [0.3, 0.4) is 0 Å². The molecule has 5 unspecified atom stereocenters. The van der Waals surface area contributed by atoms with E-state index in [0.717, 1.165) is 38.7 Å². The average Bonchev–Trinajstić information content (AvgIpc) is 3.16. The number of carbonyl (C=O) groups excluding carboxylic acids is 1. The summed E-state index contributed by atoms with van der Waals surface area (Å²) in [6, 6.07) is 0. The highest BCUT2D eigenvalue weighted by Crippen LogP contribution is 2.48. The predicted octanol–water partition coefficient (Wildman–Crippen LogP) is 3.37. The first-order valence-corrected chi connectivity index (χ1v) is 10.1. The van der Waals surface area contributed by atoms with Gasteiger partial charge in [-0.3, -0.25) is 4.79 Å². The van der Waals surface area contributed by atoms with E-state index in [-0.39, 0.29) is 30.9 Å². The molecule has 2 fully saturated rings. The summed E-state index contributed by atoms with van der Waals surface area (Å²) >= 11 is 0. The van der Waals surface area contributed by atoms with Crippen LogP contribution in [0.25, 0.3) is 0 Å². The molecular weight excluding hydrogens is 332 g/mol. The third kappa shape index (κ3) is 4.96. The van der Waals surface area contributed by atoms with Crippen molar-refractivity contribution in [2.45, 2.75) is 64.3 Å². The van der Waals surface area contributed by atoms with Crippen LogP contribution in [0.2, 0.25) is 0 Å². The standard InChI is InChI=1S/C21H32O5/c1-2-24-20(23)8-4-3-7-15-11-16-13-19(18(14-22)17(16)12-15)26-21-9-5-6-10-25-21/h3,7,11,16-19,21-22H,2,4-6,8-10,12-14H2,1H3/b7-3-. The number of hydrogen-bond acceptors (Lipinski definition) is 5. The molecule has 1 N–H and O–H groups in total. The van der Waals surface area contributed by atoms with Gasteiger partial charge < -0.3 is 19.3 Å². The Morgan fingerprint density at radius 3 is 3.04 bits per heavy atom. The van der Waals surface area contributed by atoms with Gasteiger partial charge in [0.1, 0.15) is 0 Å². The maximum Gasteiger partial charge on any atom is 0.306 e. The van der Waals surface area contributed by atoms with Crippen LogP contribution in [0.1, 0.15) is 51.9 Å². The summed E-state index contributed by atoms with van der Waals surface area (Å²) in [4.78, 5) is 11.4. The molecule has 5 heteroatoms. The molecule has 146 valence electrons. The Bertz CT molecular complexity index is 520. The molecule has 0 aromatic carbocycles. The van der Waals surface area contributed by atoms with Crippen LogP contribution in [-0.2, 0) is 19.0 Å². The summed E-state index contributed by atoms with van der Waals surface area (Å²) < 4.78 is 16.8. The highest BCUT2D eigenvalue weighted by molar-refractivity contribution is 5.69. The summed E-state index contributed by atoms with van der Waals surface area (Å²) in [6.45, 7) is 3.22. The van der Waals surface area contributed by atoms with E-state index in [2.05, 4.69) is 18.2 Å². The van der Waals surface area contributed by atoms with E-state index in [4.69, 9.17) is 14.2 Å². The number of fused-ring (bicyclic) bond motifs is 1. The Kier molecular flexibility index (Phi) is 7.29. The molecule has 2 aliphatic carbocycles. The van der Waals surface area contributed by atoms with Gasteiger partial charge in [0.15, 0.2) is 6.29 Å². The van der Waals surface area contributed by atoms with Crippen molar-refractivity contribution in [2.75, 3.05) is 19.8 Å². The number of allylic oxidation sites excluding steroid dienone is 4. The molecule has 5 nitrogen and oxygen atoms in total. The third-order valence-corrected chi connectivity index (χ3v) is 5.81. The van der Waals surface area contributed by atoms with Gasteiger partial charge in [-0.05, 0) is 57.3 Å². The van der Waals surface area contributed by atoms with Gasteiger partial charge in [-0.15, -0.1) is 0 Å². The van der Waals surface area contributed by atoms with Crippen molar-refractivity contribution >= 4 is 5.97 Å². The lowest BCUT2D eigenvalue weighted by atomic mass is 9.90. The molecule has 0 aromatic rings. The lowest BCUT2D eigenvalue weighted by molar-refractivity contribution is -0.198. The number of aliphatic hydroxyl groups is 1. The van der Waals surface area contributed by atoms with Crippen molar-refractivity contribution < 1.29 is 24.1 Å². The van der Waals surface area contributed by atoms with E-state index < -0.39 is 0 Å². The first kappa shape index (κ1) is 19.6. The monoisotopic (exact) mass is 364 g/mol. The van der Waals surface area contributed by atoms with E-state index >= 15 is 0 Å². The molecule has 1 saturated heterocycles. The molecular formula is C21H32O5. The fourth-order valence-electron chi connectivity index (χ4n) is 4.54. The maximum absolute atomic E-state index is 11.4. The van der Waals surface area contributed by atoms with Gasteiger partial charge in [-0.25, -0.2) is 0 Å². The SMILES string of the molecule is CCOC(=O)CC/C=C\C1=CC2CC(OC3CCCCO3)C(CO)C2C1. The van der Waals surface area contributed by atoms with E-state index in [1.807, 2.05) is 6.92 Å². The Labute approximate surface area is 156 Å². The maximum atomic E-state index is 11.4. The average molecular weight is 364 g/mol. The van der Waals surface area contributed by atoms with E-state index in [0.29, 0.717) is 31.3 Å². The van der Waals surface area contributed by atoms with Crippen LogP contribution in [-0.4, -0.2) is 43.3 Å². The molecule has 3 aliphatic rings. The lowest BCUT2D eigenvalue weighted by Crippen LogP contribution is -2.32. The minimum absolute atomic E-state index is 0.0900. The number of hydrogen-bond donors (Lipinski definition) is 1. The van der Waals surface area contributed by atoms with Crippen LogP contribution in [0.4, 0.5) is 0 Å². The van der Waals surface area contributed by atoms with Crippen LogP contribution in [0, 0.1) is 17.8 Å². The first-order chi connectivity index (χ1) is 12.7. The molecule has 3 rings (SSSR count). The second-order valence-electron chi connectivity index (χ2n) is 7.57. The first-order valence-electron chi connectivity index (χ1n) is 10.1. The zero-order chi connectivity index (χ0) is 18.4. The Balaban J connectivity index is 1.48. The van der Waals surface area contributed by atoms with Crippen LogP contribution in [0.15, 0.2) is 23.8 Å². The van der Waals surface area contributed by atoms with Crippen molar-refractivity contribution in [3.63, 3.8) is 0 Å². The lowest BCUT2D eigenvalue weighted by Gasteiger charge is -2.29. The molecule has 1 saturated carbocycles. The molecule has 0 radical (unpaired) electrons. The van der Waals surface area contributed by atoms with E-state index in [1.54, 1.807) is 0 Å². The molecule has 0 bridgehead atoms. The smallest absolute Gasteiger partial charge is 0.306 e. The van der Waals surface area contributed by atoms with E-state index in [1.165, 1.54) is 5.57 Å². The second kappa shape index (κ2) is 9.67. The van der Waals surface area contributed by atoms with Crippen molar-refractivity contribution in [2.24, 2.45) is 17.8 Å². The zero-order valence-electron chi connectivity index (χ0n) is 15.8. The zero-order valence-corrected chi connectivity index (χ0v) is 15.8. The second-order valence-corrected chi connectivity index (χ2v) is 7.57. The van der Waals surface area contributed by atoms with Gasteiger partial charge in [-0.2, -0.15) is 0 Å². The molecule has 5 atom stereocenters. The minimum Gasteiger partial charge on any atom is -0.466 e. The fraction of sp³-hybridized carbons (Fsp3) is 0.762. The summed E-state index contributed by atoms with van der Waals surface area (Å²) in [5, 5.41) is 9.91. The number of esters is 1.